The highest BCUT2D eigenvalue weighted by Gasteiger charge is 2.38. The van der Waals surface area contributed by atoms with Gasteiger partial charge in [-0.2, -0.15) is 0 Å². The Hall–Kier alpha value is -3.47. The fraction of sp³-hybridized carbons (Fsp3) is 0.476. The smallest absolute Gasteiger partial charge is 0.326 e. The van der Waals surface area contributed by atoms with E-state index in [-0.39, 0.29) is 32.4 Å². The summed E-state index contributed by atoms with van der Waals surface area (Å²) in [4.78, 5) is 61.9. The first-order valence-electron chi connectivity index (χ1n) is 10.4. The van der Waals surface area contributed by atoms with Crippen LogP contribution in [0, 0.1) is 0 Å². The number of nitrogens with zero attached hydrogens (tertiary/aromatic N) is 1. The van der Waals surface area contributed by atoms with Crippen molar-refractivity contribution >= 4 is 29.6 Å². The lowest BCUT2D eigenvalue weighted by molar-refractivity contribution is -0.149. The molecular formula is C21H29N5O6. The average Bonchev–Trinajstić information content (AvgIpc) is 3.26. The van der Waals surface area contributed by atoms with Gasteiger partial charge in [-0.15, -0.1) is 0 Å². The summed E-state index contributed by atoms with van der Waals surface area (Å²) in [6.07, 6.45) is 0.777. The molecule has 1 saturated heterocycles. The van der Waals surface area contributed by atoms with Crippen LogP contribution in [-0.4, -0.2) is 70.8 Å². The van der Waals surface area contributed by atoms with Gasteiger partial charge in [-0.3, -0.25) is 19.2 Å². The van der Waals surface area contributed by atoms with Crippen molar-refractivity contribution in [2.75, 3.05) is 13.1 Å². The number of carbonyl (C=O) groups excluding carboxylic acids is 4. The SMILES string of the molecule is NCC(=O)NC(CCC(N)=O)C(=O)NC(Cc1ccccc1)C(=O)N1CCCC1C(=O)O. The molecule has 4 amide bonds. The number of primary amides is 1. The minimum atomic E-state index is -1.13. The van der Waals surface area contributed by atoms with E-state index in [1.807, 2.05) is 6.07 Å². The van der Waals surface area contributed by atoms with E-state index in [0.29, 0.717) is 12.8 Å². The van der Waals surface area contributed by atoms with Gasteiger partial charge >= 0.3 is 5.97 Å². The first kappa shape index (κ1) is 24.8. The third-order valence-electron chi connectivity index (χ3n) is 5.23. The molecule has 0 bridgehead atoms. The molecule has 1 aliphatic rings. The molecule has 1 aliphatic heterocycles. The van der Waals surface area contributed by atoms with Gasteiger partial charge in [0.1, 0.15) is 18.1 Å². The van der Waals surface area contributed by atoms with Gasteiger partial charge in [-0.25, -0.2) is 4.79 Å². The van der Waals surface area contributed by atoms with Crippen molar-refractivity contribution < 1.29 is 29.1 Å². The number of benzene rings is 1. The number of hydrogen-bond donors (Lipinski definition) is 5. The minimum Gasteiger partial charge on any atom is -0.480 e. The molecular weight excluding hydrogens is 418 g/mol. The van der Waals surface area contributed by atoms with Gasteiger partial charge in [0.15, 0.2) is 0 Å². The third-order valence-corrected chi connectivity index (χ3v) is 5.23. The van der Waals surface area contributed by atoms with Gasteiger partial charge in [0.05, 0.1) is 6.54 Å². The molecule has 1 aromatic carbocycles. The maximum atomic E-state index is 13.2. The highest BCUT2D eigenvalue weighted by molar-refractivity contribution is 5.94. The van der Waals surface area contributed by atoms with Crippen molar-refractivity contribution in [3.8, 4) is 0 Å². The number of carboxylic acid groups (broad SMARTS) is 1. The molecule has 3 unspecified atom stereocenters. The van der Waals surface area contributed by atoms with Crippen molar-refractivity contribution in [3.05, 3.63) is 35.9 Å². The lowest BCUT2D eigenvalue weighted by Gasteiger charge is -2.29. The molecule has 1 heterocycles. The van der Waals surface area contributed by atoms with Gasteiger partial charge in [0.25, 0.3) is 0 Å². The number of carbonyl (C=O) groups is 5. The highest BCUT2D eigenvalue weighted by atomic mass is 16.4. The average molecular weight is 447 g/mol. The number of carboxylic acids is 1. The Morgan fingerprint density at radius 2 is 1.78 bits per heavy atom. The summed E-state index contributed by atoms with van der Waals surface area (Å²) >= 11 is 0. The maximum Gasteiger partial charge on any atom is 0.326 e. The lowest BCUT2D eigenvalue weighted by atomic mass is 10.0. The van der Waals surface area contributed by atoms with Gasteiger partial charge in [-0.05, 0) is 24.8 Å². The fourth-order valence-corrected chi connectivity index (χ4v) is 3.62. The maximum absolute atomic E-state index is 13.2. The molecule has 3 atom stereocenters. The number of hydrogen-bond acceptors (Lipinski definition) is 6. The van der Waals surface area contributed by atoms with Crippen LogP contribution in [0.3, 0.4) is 0 Å². The zero-order valence-corrected chi connectivity index (χ0v) is 17.7. The van der Waals surface area contributed by atoms with Crippen LogP contribution < -0.4 is 22.1 Å². The highest BCUT2D eigenvalue weighted by Crippen LogP contribution is 2.20. The lowest BCUT2D eigenvalue weighted by Crippen LogP contribution is -2.57. The first-order valence-corrected chi connectivity index (χ1v) is 10.4. The molecule has 1 aromatic rings. The van der Waals surface area contributed by atoms with Crippen molar-refractivity contribution in [2.45, 2.75) is 50.2 Å². The molecule has 0 spiro atoms. The van der Waals surface area contributed by atoms with Crippen molar-refractivity contribution in [3.63, 3.8) is 0 Å². The van der Waals surface area contributed by atoms with E-state index in [0.717, 1.165) is 5.56 Å². The molecule has 0 aromatic heterocycles. The summed E-state index contributed by atoms with van der Waals surface area (Å²) in [6, 6.07) is 5.80. The standard InChI is InChI=1S/C21H29N5O6/c22-12-18(28)24-14(8-9-17(23)27)19(29)25-15(11-13-5-2-1-3-6-13)20(30)26-10-4-7-16(26)21(31)32/h1-3,5-6,14-16H,4,7-12,22H2,(H2,23,27)(H,24,28)(H,25,29)(H,31,32). The molecule has 0 radical (unpaired) electrons. The van der Waals surface area contributed by atoms with Crippen LogP contribution in [-0.2, 0) is 30.4 Å². The van der Waals surface area contributed by atoms with Crippen LogP contribution in [0.1, 0.15) is 31.2 Å². The van der Waals surface area contributed by atoms with Crippen LogP contribution >= 0.6 is 0 Å². The molecule has 11 heteroatoms. The summed E-state index contributed by atoms with van der Waals surface area (Å²) in [5.41, 5.74) is 11.2. The van der Waals surface area contributed by atoms with Crippen LogP contribution in [0.2, 0.25) is 0 Å². The Morgan fingerprint density at radius 1 is 1.09 bits per heavy atom. The molecule has 0 saturated carbocycles. The topological polar surface area (TPSA) is 185 Å². The van der Waals surface area contributed by atoms with Crippen molar-refractivity contribution in [1.82, 2.24) is 15.5 Å². The van der Waals surface area contributed by atoms with Gasteiger partial charge in [0.2, 0.25) is 23.6 Å². The zero-order chi connectivity index (χ0) is 23.7. The van der Waals surface area contributed by atoms with Crippen molar-refractivity contribution in [2.24, 2.45) is 11.5 Å². The Bertz CT molecular complexity index is 846. The monoisotopic (exact) mass is 447 g/mol. The Balaban J connectivity index is 2.23. The van der Waals surface area contributed by atoms with Crippen molar-refractivity contribution in [1.29, 1.82) is 0 Å². The number of aliphatic carboxylic acids is 1. The molecule has 174 valence electrons. The second-order valence-corrected chi connectivity index (χ2v) is 7.61. The quantitative estimate of drug-likeness (QED) is 0.273. The number of nitrogens with one attached hydrogen (secondary N) is 2. The van der Waals surface area contributed by atoms with Crippen LogP contribution in [0.5, 0.6) is 0 Å². The third kappa shape index (κ3) is 7.05. The minimum absolute atomic E-state index is 0.0688. The van der Waals surface area contributed by atoms with Gasteiger partial charge in [-0.1, -0.05) is 30.3 Å². The number of rotatable bonds is 11. The van der Waals surface area contributed by atoms with E-state index in [1.54, 1.807) is 24.3 Å². The second kappa shape index (κ2) is 11.8. The molecule has 1 fully saturated rings. The van der Waals surface area contributed by atoms with E-state index < -0.39 is 47.7 Å². The van der Waals surface area contributed by atoms with Crippen LogP contribution in [0.25, 0.3) is 0 Å². The molecule has 0 aliphatic carbocycles. The van der Waals surface area contributed by atoms with Crippen LogP contribution in [0.4, 0.5) is 0 Å². The molecule has 11 nitrogen and oxygen atoms in total. The number of likely N-dealkylation sites (tertiary alicyclic amines) is 1. The van der Waals surface area contributed by atoms with Gasteiger partial charge in [0, 0.05) is 19.4 Å². The first-order chi connectivity index (χ1) is 15.2. The predicted octanol–water partition coefficient (Wildman–Crippen LogP) is -1.50. The molecule has 2 rings (SSSR count). The largest absolute Gasteiger partial charge is 0.480 e. The Labute approximate surface area is 185 Å². The van der Waals surface area contributed by atoms with Gasteiger partial charge < -0.3 is 32.1 Å². The summed E-state index contributed by atoms with van der Waals surface area (Å²) < 4.78 is 0. The van der Waals surface area contributed by atoms with E-state index >= 15 is 0 Å². The van der Waals surface area contributed by atoms with E-state index in [4.69, 9.17) is 11.5 Å². The second-order valence-electron chi connectivity index (χ2n) is 7.61. The van der Waals surface area contributed by atoms with E-state index in [9.17, 15) is 29.1 Å². The zero-order valence-electron chi connectivity index (χ0n) is 17.7. The predicted molar refractivity (Wildman–Crippen MR) is 114 cm³/mol. The number of nitrogens with two attached hydrogens (primary N) is 2. The number of amides is 4. The van der Waals surface area contributed by atoms with E-state index in [1.165, 1.54) is 4.90 Å². The summed E-state index contributed by atoms with van der Waals surface area (Å²) in [7, 11) is 0. The Morgan fingerprint density at radius 3 is 2.38 bits per heavy atom. The fourth-order valence-electron chi connectivity index (χ4n) is 3.62. The summed E-state index contributed by atoms with van der Waals surface area (Å²) in [5.74, 6) is -3.57. The molecule has 7 N–H and O–H groups in total. The Kier molecular flexibility index (Phi) is 9.14. The molecule has 32 heavy (non-hydrogen) atoms. The van der Waals surface area contributed by atoms with Crippen LogP contribution in [0.15, 0.2) is 30.3 Å². The summed E-state index contributed by atoms with van der Waals surface area (Å²) in [6.45, 7) is -0.0905. The normalized spacial score (nSPS) is 17.3. The summed E-state index contributed by atoms with van der Waals surface area (Å²) in [5, 5.41) is 14.5. The van der Waals surface area contributed by atoms with E-state index in [2.05, 4.69) is 10.6 Å².